The van der Waals surface area contributed by atoms with Gasteiger partial charge in [0.05, 0.1) is 25.6 Å². The average Bonchev–Trinajstić information content (AvgIpc) is 3.19. The molecule has 0 saturated carbocycles. The molecule has 0 unspecified atom stereocenters. The number of aliphatic hydroxyl groups excluding tert-OH is 1. The summed E-state index contributed by atoms with van der Waals surface area (Å²) >= 11 is 0. The van der Waals surface area contributed by atoms with Gasteiger partial charge in [-0.25, -0.2) is 4.68 Å². The number of benzene rings is 2. The van der Waals surface area contributed by atoms with E-state index >= 15 is 0 Å². The Morgan fingerprint density at radius 1 is 1.16 bits per heavy atom. The largest absolute Gasteiger partial charge is 0.497 e. The van der Waals surface area contributed by atoms with Gasteiger partial charge in [0.1, 0.15) is 18.1 Å². The van der Waals surface area contributed by atoms with Crippen LogP contribution in [-0.4, -0.2) is 35.2 Å². The zero-order chi connectivity index (χ0) is 21.8. The second kappa shape index (κ2) is 9.12. The van der Waals surface area contributed by atoms with Gasteiger partial charge in [-0.15, -0.1) is 0 Å². The molecule has 1 aromatic heterocycles. The first-order valence-corrected chi connectivity index (χ1v) is 10.8. The third kappa shape index (κ3) is 4.92. The maximum absolute atomic E-state index is 8.97. The van der Waals surface area contributed by atoms with E-state index in [9.17, 15) is 0 Å². The SMILES string of the molecule is COc1ccc(-n2ncc3c2CC(C)(C)C[C@H]3NCc2cccc(OCCO)c2)cc1. The lowest BCUT2D eigenvalue weighted by Gasteiger charge is -2.36. The fourth-order valence-electron chi connectivity index (χ4n) is 4.32. The number of fused-ring (bicyclic) bond motifs is 1. The molecule has 0 bridgehead atoms. The van der Waals surface area contributed by atoms with Crippen LogP contribution in [0.3, 0.4) is 0 Å². The van der Waals surface area contributed by atoms with Crippen LogP contribution in [0.2, 0.25) is 0 Å². The van der Waals surface area contributed by atoms with Crippen molar-refractivity contribution in [2.24, 2.45) is 5.41 Å². The highest BCUT2D eigenvalue weighted by Gasteiger charge is 2.35. The molecule has 1 atom stereocenters. The molecule has 1 aliphatic carbocycles. The first-order valence-electron chi connectivity index (χ1n) is 10.8. The van der Waals surface area contributed by atoms with Crippen LogP contribution in [-0.2, 0) is 13.0 Å². The summed E-state index contributed by atoms with van der Waals surface area (Å²) in [4.78, 5) is 0. The number of aromatic nitrogens is 2. The van der Waals surface area contributed by atoms with Crippen LogP contribution in [0.25, 0.3) is 5.69 Å². The Bertz CT molecular complexity index is 1010. The number of rotatable bonds is 8. The van der Waals surface area contributed by atoms with Gasteiger partial charge in [0, 0.05) is 23.8 Å². The Hall–Kier alpha value is -2.83. The average molecular weight is 422 g/mol. The molecular formula is C25H31N3O3. The maximum Gasteiger partial charge on any atom is 0.119 e. The summed E-state index contributed by atoms with van der Waals surface area (Å²) in [6, 6.07) is 16.3. The van der Waals surface area contributed by atoms with Crippen molar-refractivity contribution in [1.82, 2.24) is 15.1 Å². The molecule has 0 saturated heterocycles. The van der Waals surface area contributed by atoms with Crippen LogP contribution in [0.15, 0.2) is 54.7 Å². The number of hydrogen-bond acceptors (Lipinski definition) is 5. The minimum Gasteiger partial charge on any atom is -0.497 e. The lowest BCUT2D eigenvalue weighted by molar-refractivity contribution is 0.201. The number of hydrogen-bond donors (Lipinski definition) is 2. The summed E-state index contributed by atoms with van der Waals surface area (Å²) in [5.74, 6) is 1.63. The quantitative estimate of drug-likeness (QED) is 0.574. The van der Waals surface area contributed by atoms with E-state index in [2.05, 4.69) is 29.9 Å². The second-order valence-corrected chi connectivity index (χ2v) is 8.85. The minimum absolute atomic E-state index is 0.0145. The molecule has 4 rings (SSSR count). The highest BCUT2D eigenvalue weighted by molar-refractivity contribution is 5.41. The van der Waals surface area contributed by atoms with Crippen molar-refractivity contribution >= 4 is 0 Å². The van der Waals surface area contributed by atoms with Gasteiger partial charge in [-0.05, 0) is 60.2 Å². The molecule has 6 heteroatoms. The highest BCUT2D eigenvalue weighted by atomic mass is 16.5. The normalized spacial score (nSPS) is 17.2. The molecule has 1 aliphatic rings. The standard InChI is InChI=1S/C25H31N3O3/c1-25(2)14-23(26-16-18-5-4-6-21(13-18)31-12-11-29)22-17-27-28(24(22)15-25)19-7-9-20(30-3)10-8-19/h4-10,13,17,23,26,29H,11-12,14-16H2,1-3H3/t23-/m1/s1. The first kappa shape index (κ1) is 21.4. The first-order chi connectivity index (χ1) is 15.0. The number of nitrogens with one attached hydrogen (secondary N) is 1. The molecule has 0 radical (unpaired) electrons. The molecule has 2 N–H and O–H groups in total. The Balaban J connectivity index is 1.54. The Labute approximate surface area is 183 Å². The molecule has 6 nitrogen and oxygen atoms in total. The second-order valence-electron chi connectivity index (χ2n) is 8.85. The third-order valence-electron chi connectivity index (χ3n) is 5.81. The molecule has 0 fully saturated rings. The molecule has 2 aromatic carbocycles. The van der Waals surface area contributed by atoms with Gasteiger partial charge in [0.15, 0.2) is 0 Å². The zero-order valence-corrected chi connectivity index (χ0v) is 18.5. The van der Waals surface area contributed by atoms with Gasteiger partial charge in [0.25, 0.3) is 0 Å². The van der Waals surface area contributed by atoms with Crippen molar-refractivity contribution in [3.05, 3.63) is 71.5 Å². The predicted molar refractivity (Wildman–Crippen MR) is 121 cm³/mol. The summed E-state index contributed by atoms with van der Waals surface area (Å²) in [6.45, 7) is 5.70. The van der Waals surface area contributed by atoms with E-state index in [0.29, 0.717) is 6.61 Å². The monoisotopic (exact) mass is 421 g/mol. The van der Waals surface area contributed by atoms with Gasteiger partial charge in [-0.1, -0.05) is 26.0 Å². The fraction of sp³-hybridized carbons (Fsp3) is 0.400. The van der Waals surface area contributed by atoms with Crippen molar-refractivity contribution in [2.45, 2.75) is 39.3 Å². The molecule has 3 aromatic rings. The number of methoxy groups -OCH3 is 1. The van der Waals surface area contributed by atoms with E-state index in [1.807, 2.05) is 48.7 Å². The lowest BCUT2D eigenvalue weighted by atomic mass is 9.74. The molecule has 164 valence electrons. The van der Waals surface area contributed by atoms with E-state index in [-0.39, 0.29) is 18.1 Å². The van der Waals surface area contributed by atoms with E-state index in [0.717, 1.165) is 42.1 Å². The summed E-state index contributed by atoms with van der Waals surface area (Å²) < 4.78 is 12.9. The summed E-state index contributed by atoms with van der Waals surface area (Å²) in [5.41, 5.74) is 4.90. The zero-order valence-electron chi connectivity index (χ0n) is 18.5. The van der Waals surface area contributed by atoms with Crippen LogP contribution in [0.4, 0.5) is 0 Å². The summed E-state index contributed by atoms with van der Waals surface area (Å²) in [7, 11) is 1.68. The third-order valence-corrected chi connectivity index (χ3v) is 5.81. The van der Waals surface area contributed by atoms with E-state index in [4.69, 9.17) is 19.7 Å². The maximum atomic E-state index is 8.97. The number of ether oxygens (including phenoxy) is 2. The molecule has 31 heavy (non-hydrogen) atoms. The van der Waals surface area contributed by atoms with Crippen LogP contribution in [0, 0.1) is 5.41 Å². The number of nitrogens with zero attached hydrogens (tertiary/aromatic N) is 2. The van der Waals surface area contributed by atoms with Gasteiger partial charge >= 0.3 is 0 Å². The summed E-state index contributed by atoms with van der Waals surface area (Å²) in [6.07, 6.45) is 4.04. The molecule has 0 amide bonds. The van der Waals surface area contributed by atoms with E-state index in [1.54, 1.807) is 7.11 Å². The minimum atomic E-state index is 0.0145. The molecule has 0 aliphatic heterocycles. The van der Waals surface area contributed by atoms with Crippen LogP contribution < -0.4 is 14.8 Å². The van der Waals surface area contributed by atoms with Crippen molar-refractivity contribution in [3.8, 4) is 17.2 Å². The van der Waals surface area contributed by atoms with Crippen LogP contribution >= 0.6 is 0 Å². The van der Waals surface area contributed by atoms with Gasteiger partial charge in [-0.3, -0.25) is 0 Å². The van der Waals surface area contributed by atoms with Crippen molar-refractivity contribution in [2.75, 3.05) is 20.3 Å². The van der Waals surface area contributed by atoms with Crippen molar-refractivity contribution in [1.29, 1.82) is 0 Å². The topological polar surface area (TPSA) is 68.5 Å². The van der Waals surface area contributed by atoms with Crippen molar-refractivity contribution in [3.63, 3.8) is 0 Å². The van der Waals surface area contributed by atoms with Gasteiger partial charge < -0.3 is 19.9 Å². The van der Waals surface area contributed by atoms with E-state index in [1.165, 1.54) is 11.3 Å². The lowest BCUT2D eigenvalue weighted by Crippen LogP contribution is -2.33. The number of aliphatic hydroxyl groups is 1. The smallest absolute Gasteiger partial charge is 0.119 e. The Morgan fingerprint density at radius 3 is 2.71 bits per heavy atom. The van der Waals surface area contributed by atoms with Crippen LogP contribution in [0.1, 0.15) is 43.1 Å². The summed E-state index contributed by atoms with van der Waals surface area (Å²) in [5, 5.41) is 17.4. The Morgan fingerprint density at radius 2 is 1.97 bits per heavy atom. The van der Waals surface area contributed by atoms with E-state index < -0.39 is 0 Å². The Kier molecular flexibility index (Phi) is 6.30. The molecule has 0 spiro atoms. The highest BCUT2D eigenvalue weighted by Crippen LogP contribution is 2.41. The van der Waals surface area contributed by atoms with Gasteiger partial charge in [0.2, 0.25) is 0 Å². The molecule has 1 heterocycles. The molecular weight excluding hydrogens is 390 g/mol. The predicted octanol–water partition coefficient (Wildman–Crippen LogP) is 4.06. The van der Waals surface area contributed by atoms with Crippen LogP contribution in [0.5, 0.6) is 11.5 Å². The van der Waals surface area contributed by atoms with Crippen molar-refractivity contribution < 1.29 is 14.6 Å². The van der Waals surface area contributed by atoms with Gasteiger partial charge in [-0.2, -0.15) is 5.10 Å². The fourth-order valence-corrected chi connectivity index (χ4v) is 4.32.